The zero-order chi connectivity index (χ0) is 20.9. The smallest absolute Gasteiger partial charge is 0.221 e. The van der Waals surface area contributed by atoms with Gasteiger partial charge in [-0.05, 0) is 29.8 Å². The van der Waals surface area contributed by atoms with Crippen molar-refractivity contribution in [2.45, 2.75) is 18.9 Å². The van der Waals surface area contributed by atoms with Crippen LogP contribution in [0.2, 0.25) is 0 Å². The van der Waals surface area contributed by atoms with E-state index in [1.54, 1.807) is 18.4 Å². The van der Waals surface area contributed by atoms with Crippen LogP contribution in [0.1, 0.15) is 29.7 Å². The lowest BCUT2D eigenvalue weighted by Crippen LogP contribution is -2.29. The zero-order valence-electron chi connectivity index (χ0n) is 15.8. The van der Waals surface area contributed by atoms with Gasteiger partial charge in [-0.2, -0.15) is 0 Å². The van der Waals surface area contributed by atoms with Gasteiger partial charge in [-0.3, -0.25) is 4.79 Å². The molecule has 0 saturated heterocycles. The van der Waals surface area contributed by atoms with Crippen molar-refractivity contribution >= 4 is 5.91 Å². The number of hydrogen-bond acceptors (Lipinski definition) is 4. The van der Waals surface area contributed by atoms with Gasteiger partial charge < -0.3 is 14.2 Å². The van der Waals surface area contributed by atoms with Crippen molar-refractivity contribution < 1.29 is 22.4 Å². The summed E-state index contributed by atoms with van der Waals surface area (Å²) in [7, 11) is 0. The van der Waals surface area contributed by atoms with Crippen LogP contribution >= 0.6 is 0 Å². The van der Waals surface area contributed by atoms with E-state index in [2.05, 4.69) is 10.3 Å². The molecule has 4 rings (SSSR count). The Kier molecular flexibility index (Phi) is 5.70. The molecule has 0 radical (unpaired) electrons. The molecule has 0 aliphatic rings. The average Bonchev–Trinajstić information content (AvgIpc) is 3.43. The second kappa shape index (κ2) is 8.73. The van der Waals surface area contributed by atoms with Crippen molar-refractivity contribution in [1.29, 1.82) is 0 Å². The number of oxazole rings is 1. The van der Waals surface area contributed by atoms with E-state index in [0.717, 1.165) is 17.7 Å². The number of nitrogens with one attached hydrogen (secondary N) is 1. The predicted octanol–water partition coefficient (Wildman–Crippen LogP) is 5.05. The van der Waals surface area contributed by atoms with E-state index < -0.39 is 17.7 Å². The molecule has 30 heavy (non-hydrogen) atoms. The second-order valence-electron chi connectivity index (χ2n) is 6.67. The summed E-state index contributed by atoms with van der Waals surface area (Å²) in [6.07, 6.45) is 3.27. The highest BCUT2D eigenvalue weighted by Crippen LogP contribution is 2.25. The maximum atomic E-state index is 13.9. The summed E-state index contributed by atoms with van der Waals surface area (Å²) >= 11 is 0. The molecule has 1 unspecified atom stereocenters. The monoisotopic (exact) mass is 408 g/mol. The standard InChI is InChI=1S/C23H18F2N2O3/c24-16-8-9-17(18(25)13-16)20-14-26-22(30-20)11-10-21(28)27-23(19-7-4-12-29-19)15-5-2-1-3-6-15/h1-9,12-14,23H,10-11H2,(H,27,28). The molecule has 5 nitrogen and oxygen atoms in total. The fourth-order valence-corrected chi connectivity index (χ4v) is 3.11. The summed E-state index contributed by atoms with van der Waals surface area (Å²) < 4.78 is 38.0. The Morgan fingerprint density at radius 3 is 2.63 bits per heavy atom. The van der Waals surface area contributed by atoms with Crippen LogP contribution in [0.4, 0.5) is 8.78 Å². The SMILES string of the molecule is O=C(CCc1ncc(-c2ccc(F)cc2F)o1)NC(c1ccccc1)c1ccco1. The predicted molar refractivity (Wildman–Crippen MR) is 105 cm³/mol. The molecule has 2 aromatic carbocycles. The van der Waals surface area contributed by atoms with Gasteiger partial charge in [0.15, 0.2) is 11.7 Å². The first-order chi connectivity index (χ1) is 14.6. The molecule has 0 spiro atoms. The van der Waals surface area contributed by atoms with Crippen LogP contribution in [0.5, 0.6) is 0 Å². The third-order valence-corrected chi connectivity index (χ3v) is 4.58. The lowest BCUT2D eigenvalue weighted by Gasteiger charge is -2.17. The Hall–Kier alpha value is -3.74. The molecule has 0 aliphatic carbocycles. The van der Waals surface area contributed by atoms with Crippen molar-refractivity contribution in [3.63, 3.8) is 0 Å². The molecule has 7 heteroatoms. The van der Waals surface area contributed by atoms with E-state index in [1.807, 2.05) is 30.3 Å². The minimum Gasteiger partial charge on any atom is -0.467 e. The molecule has 0 aliphatic heterocycles. The van der Waals surface area contributed by atoms with Crippen molar-refractivity contribution in [1.82, 2.24) is 10.3 Å². The number of furan rings is 1. The van der Waals surface area contributed by atoms with Gasteiger partial charge in [0.1, 0.15) is 23.4 Å². The molecule has 2 heterocycles. The molecule has 4 aromatic rings. The number of benzene rings is 2. The third-order valence-electron chi connectivity index (χ3n) is 4.58. The van der Waals surface area contributed by atoms with Gasteiger partial charge in [0.25, 0.3) is 0 Å². The number of amides is 1. The van der Waals surface area contributed by atoms with Gasteiger partial charge in [-0.1, -0.05) is 30.3 Å². The Labute approximate surface area is 171 Å². The zero-order valence-corrected chi connectivity index (χ0v) is 15.8. The highest BCUT2D eigenvalue weighted by molar-refractivity contribution is 5.77. The molecule has 1 atom stereocenters. The molecule has 2 aromatic heterocycles. The highest BCUT2D eigenvalue weighted by Gasteiger charge is 2.20. The van der Waals surface area contributed by atoms with E-state index >= 15 is 0 Å². The van der Waals surface area contributed by atoms with Gasteiger partial charge in [0.05, 0.1) is 18.0 Å². The summed E-state index contributed by atoms with van der Waals surface area (Å²) in [6.45, 7) is 0. The average molecular weight is 408 g/mol. The van der Waals surface area contributed by atoms with Crippen LogP contribution in [-0.2, 0) is 11.2 Å². The molecule has 0 saturated carbocycles. The van der Waals surface area contributed by atoms with Gasteiger partial charge in [-0.25, -0.2) is 13.8 Å². The van der Waals surface area contributed by atoms with Crippen LogP contribution in [0.25, 0.3) is 11.3 Å². The normalized spacial score (nSPS) is 11.9. The van der Waals surface area contributed by atoms with E-state index in [9.17, 15) is 13.6 Å². The number of carbonyl (C=O) groups excluding carboxylic acids is 1. The van der Waals surface area contributed by atoms with Crippen molar-refractivity contribution in [3.8, 4) is 11.3 Å². The van der Waals surface area contributed by atoms with Gasteiger partial charge in [0.2, 0.25) is 5.91 Å². The summed E-state index contributed by atoms with van der Waals surface area (Å²) in [5.41, 5.74) is 1.01. The molecular weight excluding hydrogens is 390 g/mol. The first-order valence-corrected chi connectivity index (χ1v) is 9.38. The summed E-state index contributed by atoms with van der Waals surface area (Å²) in [5.74, 6) is -0.525. The summed E-state index contributed by atoms with van der Waals surface area (Å²) in [6, 6.07) is 15.9. The lowest BCUT2D eigenvalue weighted by atomic mass is 10.0. The van der Waals surface area contributed by atoms with Gasteiger partial charge >= 0.3 is 0 Å². The van der Waals surface area contributed by atoms with Gasteiger partial charge in [0, 0.05) is 18.9 Å². The first kappa shape index (κ1) is 19.6. The van der Waals surface area contributed by atoms with E-state index in [1.165, 1.54) is 12.3 Å². The minimum absolute atomic E-state index is 0.113. The molecule has 152 valence electrons. The number of aryl methyl sites for hydroxylation is 1. The van der Waals surface area contributed by atoms with Crippen LogP contribution < -0.4 is 5.32 Å². The summed E-state index contributed by atoms with van der Waals surface area (Å²) in [5, 5.41) is 2.96. The summed E-state index contributed by atoms with van der Waals surface area (Å²) in [4.78, 5) is 16.6. The van der Waals surface area contributed by atoms with Crippen LogP contribution in [-0.4, -0.2) is 10.9 Å². The van der Waals surface area contributed by atoms with Gasteiger partial charge in [-0.15, -0.1) is 0 Å². The van der Waals surface area contributed by atoms with Crippen molar-refractivity contribution in [2.75, 3.05) is 0 Å². The topological polar surface area (TPSA) is 68.3 Å². The fourth-order valence-electron chi connectivity index (χ4n) is 3.11. The Morgan fingerprint density at radius 2 is 1.90 bits per heavy atom. The van der Waals surface area contributed by atoms with E-state index in [0.29, 0.717) is 5.76 Å². The molecule has 1 N–H and O–H groups in total. The van der Waals surface area contributed by atoms with E-state index in [-0.39, 0.29) is 36.0 Å². The minimum atomic E-state index is -0.736. The quantitative estimate of drug-likeness (QED) is 0.465. The van der Waals surface area contributed by atoms with Crippen LogP contribution in [0, 0.1) is 11.6 Å². The van der Waals surface area contributed by atoms with E-state index in [4.69, 9.17) is 8.83 Å². The molecular formula is C23H18F2N2O3. The first-order valence-electron chi connectivity index (χ1n) is 9.38. The maximum absolute atomic E-state index is 13.9. The number of rotatable bonds is 7. The third kappa shape index (κ3) is 4.46. The van der Waals surface area contributed by atoms with Crippen LogP contribution in [0.15, 0.2) is 82.0 Å². The molecule has 0 fully saturated rings. The number of aromatic nitrogens is 1. The number of carbonyl (C=O) groups is 1. The maximum Gasteiger partial charge on any atom is 0.221 e. The Morgan fingerprint density at radius 1 is 1.07 bits per heavy atom. The molecule has 1 amide bonds. The Balaban J connectivity index is 1.41. The lowest BCUT2D eigenvalue weighted by molar-refractivity contribution is -0.121. The Bertz CT molecular complexity index is 1120. The van der Waals surface area contributed by atoms with Crippen molar-refractivity contribution in [2.24, 2.45) is 0 Å². The largest absolute Gasteiger partial charge is 0.467 e. The molecule has 0 bridgehead atoms. The number of nitrogens with zero attached hydrogens (tertiary/aromatic N) is 1. The highest BCUT2D eigenvalue weighted by atomic mass is 19.1. The second-order valence-corrected chi connectivity index (χ2v) is 6.67. The number of halogens is 2. The van der Waals surface area contributed by atoms with Crippen molar-refractivity contribution in [3.05, 3.63) is 102 Å². The fraction of sp³-hybridized carbons (Fsp3) is 0.130. The van der Waals surface area contributed by atoms with Crippen LogP contribution in [0.3, 0.4) is 0 Å². The number of hydrogen-bond donors (Lipinski definition) is 1.